The molecule has 0 aliphatic rings. The van der Waals surface area contributed by atoms with Gasteiger partial charge in [0.2, 0.25) is 5.91 Å². The van der Waals surface area contributed by atoms with Gasteiger partial charge in [0.1, 0.15) is 12.8 Å². The number of amides is 2. The molecular weight excluding hydrogens is 371 g/mol. The predicted octanol–water partition coefficient (Wildman–Crippen LogP) is 1.11. The van der Waals surface area contributed by atoms with E-state index in [1.165, 1.54) is 7.05 Å². The molecule has 0 bridgehead atoms. The highest BCUT2D eigenvalue weighted by Crippen LogP contribution is 2.20. The van der Waals surface area contributed by atoms with Crippen molar-refractivity contribution in [3.05, 3.63) is 29.6 Å². The zero-order chi connectivity index (χ0) is 20.6. The Kier molecular flexibility index (Phi) is 7.88. The summed E-state index contributed by atoms with van der Waals surface area (Å²) in [6, 6.07) is 2.17. The summed E-state index contributed by atoms with van der Waals surface area (Å²) in [6.07, 6.45) is -2.95. The number of aromatic carboxylic acids is 1. The minimum Gasteiger partial charge on any atom is -0.478 e. The van der Waals surface area contributed by atoms with E-state index in [4.69, 9.17) is 5.11 Å². The molecule has 1 rings (SSSR count). The molecular formula is C16H18F3N3O5. The molecule has 2 amide bonds. The monoisotopic (exact) mass is 389 g/mol. The number of carbonyl (C=O) groups excluding carboxylic acids is 3. The van der Waals surface area contributed by atoms with Crippen molar-refractivity contribution in [3.63, 3.8) is 0 Å². The number of likely N-dealkylation sites (N-methyl/N-ethyl adjacent to an activating group) is 1. The average Bonchev–Trinajstić information content (AvgIpc) is 2.59. The van der Waals surface area contributed by atoms with E-state index >= 15 is 0 Å². The SMILES string of the molecule is CN(CCCC=O)C(=O)CN(Cc1cc(C(=O)O)ccn1)C(=O)C(F)(F)F. The fourth-order valence-corrected chi connectivity index (χ4v) is 2.09. The van der Waals surface area contributed by atoms with Crippen LogP contribution >= 0.6 is 0 Å². The van der Waals surface area contributed by atoms with E-state index < -0.39 is 37.0 Å². The van der Waals surface area contributed by atoms with Crippen LogP contribution in [0.25, 0.3) is 0 Å². The third kappa shape index (κ3) is 7.04. The van der Waals surface area contributed by atoms with Crippen LogP contribution in [0.3, 0.4) is 0 Å². The quantitative estimate of drug-likeness (QED) is 0.501. The molecule has 11 heteroatoms. The van der Waals surface area contributed by atoms with Crippen LogP contribution in [-0.2, 0) is 20.9 Å². The number of pyridine rings is 1. The summed E-state index contributed by atoms with van der Waals surface area (Å²) in [4.78, 5) is 50.1. The molecule has 27 heavy (non-hydrogen) atoms. The molecule has 1 aromatic rings. The van der Waals surface area contributed by atoms with Crippen molar-refractivity contribution in [1.29, 1.82) is 0 Å². The number of aromatic nitrogens is 1. The number of rotatable bonds is 9. The van der Waals surface area contributed by atoms with Gasteiger partial charge in [-0.3, -0.25) is 14.6 Å². The predicted molar refractivity (Wildman–Crippen MR) is 85.6 cm³/mol. The Balaban J connectivity index is 2.95. The summed E-state index contributed by atoms with van der Waals surface area (Å²) in [5, 5.41) is 8.93. The van der Waals surface area contributed by atoms with E-state index in [9.17, 15) is 32.3 Å². The van der Waals surface area contributed by atoms with Gasteiger partial charge in [-0.1, -0.05) is 0 Å². The van der Waals surface area contributed by atoms with Gasteiger partial charge in [-0.05, 0) is 18.6 Å². The van der Waals surface area contributed by atoms with Crippen LogP contribution in [0.1, 0.15) is 28.9 Å². The topological polar surface area (TPSA) is 108 Å². The molecule has 148 valence electrons. The molecule has 0 saturated carbocycles. The second-order valence-electron chi connectivity index (χ2n) is 5.62. The number of hydrogen-bond donors (Lipinski definition) is 1. The smallest absolute Gasteiger partial charge is 0.471 e. The van der Waals surface area contributed by atoms with Crippen LogP contribution in [0.15, 0.2) is 18.3 Å². The maximum absolute atomic E-state index is 12.8. The molecule has 0 aliphatic heterocycles. The van der Waals surface area contributed by atoms with E-state index in [2.05, 4.69) is 4.98 Å². The number of halogens is 3. The highest BCUT2D eigenvalue weighted by atomic mass is 19.4. The van der Waals surface area contributed by atoms with Crippen LogP contribution in [0, 0.1) is 0 Å². The molecule has 8 nitrogen and oxygen atoms in total. The van der Waals surface area contributed by atoms with Crippen molar-refractivity contribution in [2.24, 2.45) is 0 Å². The molecule has 1 heterocycles. The van der Waals surface area contributed by atoms with Gasteiger partial charge in [0.05, 0.1) is 17.8 Å². The van der Waals surface area contributed by atoms with Crippen molar-refractivity contribution in [2.45, 2.75) is 25.6 Å². The van der Waals surface area contributed by atoms with Gasteiger partial charge in [0, 0.05) is 26.2 Å². The number of carboxylic acid groups (broad SMARTS) is 1. The Bertz CT molecular complexity index is 709. The number of unbranched alkanes of at least 4 members (excludes halogenated alkanes) is 1. The molecule has 0 fully saturated rings. The number of nitrogens with zero attached hydrogens (tertiary/aromatic N) is 3. The molecule has 0 radical (unpaired) electrons. The van der Waals surface area contributed by atoms with Gasteiger partial charge in [-0.25, -0.2) is 4.79 Å². The number of carboxylic acids is 1. The maximum atomic E-state index is 12.8. The van der Waals surface area contributed by atoms with Crippen LogP contribution < -0.4 is 0 Å². The summed E-state index contributed by atoms with van der Waals surface area (Å²) in [5.74, 6) is -4.30. The van der Waals surface area contributed by atoms with Crippen molar-refractivity contribution < 1.29 is 37.5 Å². The molecule has 0 saturated heterocycles. The van der Waals surface area contributed by atoms with Gasteiger partial charge in [-0.15, -0.1) is 0 Å². The molecule has 1 aromatic heterocycles. The molecule has 0 atom stereocenters. The van der Waals surface area contributed by atoms with E-state index in [1.54, 1.807) is 0 Å². The first-order valence-corrected chi connectivity index (χ1v) is 7.78. The van der Waals surface area contributed by atoms with Gasteiger partial charge in [-0.2, -0.15) is 13.2 Å². The van der Waals surface area contributed by atoms with Gasteiger partial charge >= 0.3 is 18.1 Å². The summed E-state index contributed by atoms with van der Waals surface area (Å²) >= 11 is 0. The van der Waals surface area contributed by atoms with Gasteiger partial charge in [0.15, 0.2) is 0 Å². The number of hydrogen-bond acceptors (Lipinski definition) is 5. The zero-order valence-corrected chi connectivity index (χ0v) is 14.4. The second kappa shape index (κ2) is 9.64. The second-order valence-corrected chi connectivity index (χ2v) is 5.62. The largest absolute Gasteiger partial charge is 0.478 e. The lowest BCUT2D eigenvalue weighted by atomic mass is 10.2. The third-order valence-electron chi connectivity index (χ3n) is 3.51. The van der Waals surface area contributed by atoms with Crippen molar-refractivity contribution in [1.82, 2.24) is 14.8 Å². The normalized spacial score (nSPS) is 11.0. The minimum absolute atomic E-state index is 0.107. The Hall–Kier alpha value is -2.98. The summed E-state index contributed by atoms with van der Waals surface area (Å²) in [5.41, 5.74) is -0.319. The van der Waals surface area contributed by atoms with E-state index in [1.807, 2.05) is 0 Å². The summed E-state index contributed by atoms with van der Waals surface area (Å²) in [7, 11) is 1.34. The zero-order valence-electron chi connectivity index (χ0n) is 14.4. The molecule has 0 spiro atoms. The van der Waals surface area contributed by atoms with Crippen LogP contribution in [0.2, 0.25) is 0 Å². The van der Waals surface area contributed by atoms with Crippen molar-refractivity contribution in [2.75, 3.05) is 20.1 Å². The Morgan fingerprint density at radius 3 is 2.52 bits per heavy atom. The van der Waals surface area contributed by atoms with E-state index in [0.717, 1.165) is 23.2 Å². The lowest BCUT2D eigenvalue weighted by Gasteiger charge is -2.25. The van der Waals surface area contributed by atoms with Crippen LogP contribution in [-0.4, -0.2) is 70.3 Å². The first-order chi connectivity index (χ1) is 12.6. The lowest BCUT2D eigenvalue weighted by Crippen LogP contribution is -2.46. The van der Waals surface area contributed by atoms with Crippen LogP contribution in [0.4, 0.5) is 13.2 Å². The maximum Gasteiger partial charge on any atom is 0.471 e. The highest BCUT2D eigenvalue weighted by Gasteiger charge is 2.43. The number of aldehydes is 1. The first-order valence-electron chi connectivity index (χ1n) is 7.78. The number of carbonyl (C=O) groups is 4. The molecule has 0 aliphatic carbocycles. The van der Waals surface area contributed by atoms with Gasteiger partial charge in [0.25, 0.3) is 0 Å². The summed E-state index contributed by atoms with van der Waals surface area (Å²) in [6.45, 7) is -1.42. The Morgan fingerprint density at radius 1 is 1.30 bits per heavy atom. The standard InChI is InChI=1S/C16H18F3N3O5/c1-21(6-2-3-7-23)13(24)10-22(15(27)16(17,18)19)9-12-8-11(14(25)26)4-5-20-12/h4-5,7-8H,2-3,6,9-10H2,1H3,(H,25,26). The van der Waals surface area contributed by atoms with Crippen molar-refractivity contribution in [3.8, 4) is 0 Å². The van der Waals surface area contributed by atoms with E-state index in [0.29, 0.717) is 12.7 Å². The average molecular weight is 389 g/mol. The van der Waals surface area contributed by atoms with E-state index in [-0.39, 0.29) is 29.1 Å². The van der Waals surface area contributed by atoms with Crippen molar-refractivity contribution >= 4 is 24.1 Å². The highest BCUT2D eigenvalue weighted by molar-refractivity contribution is 5.88. The first kappa shape index (κ1) is 22.1. The fraction of sp³-hybridized carbons (Fsp3) is 0.438. The molecule has 0 aromatic carbocycles. The minimum atomic E-state index is -5.21. The third-order valence-corrected chi connectivity index (χ3v) is 3.51. The Labute approximate surface area is 152 Å². The fourth-order valence-electron chi connectivity index (χ4n) is 2.09. The van der Waals surface area contributed by atoms with Crippen LogP contribution in [0.5, 0.6) is 0 Å². The molecule has 1 N–H and O–H groups in total. The lowest BCUT2D eigenvalue weighted by molar-refractivity contribution is -0.186. The molecule has 0 unspecified atom stereocenters. The number of alkyl halides is 3. The summed E-state index contributed by atoms with van der Waals surface area (Å²) < 4.78 is 38.5. The van der Waals surface area contributed by atoms with Gasteiger partial charge < -0.3 is 19.7 Å². The Morgan fingerprint density at radius 2 is 1.96 bits per heavy atom.